The zero-order valence-corrected chi connectivity index (χ0v) is 13.5. The van der Waals surface area contributed by atoms with E-state index in [0.29, 0.717) is 31.6 Å². The summed E-state index contributed by atoms with van der Waals surface area (Å²) >= 11 is 0. The van der Waals surface area contributed by atoms with E-state index in [0.717, 1.165) is 5.56 Å². The summed E-state index contributed by atoms with van der Waals surface area (Å²) in [4.78, 5) is 25.5. The van der Waals surface area contributed by atoms with Crippen molar-refractivity contribution in [2.75, 3.05) is 13.6 Å². The minimum atomic E-state index is -0.510. The highest BCUT2D eigenvalue weighted by molar-refractivity contribution is 5.82. The Bertz CT molecular complexity index is 544. The Hall–Kier alpha value is -2.04. The first-order chi connectivity index (χ1) is 10.5. The molecule has 0 bridgehead atoms. The van der Waals surface area contributed by atoms with Gasteiger partial charge in [0.25, 0.3) is 5.91 Å². The smallest absolute Gasteiger partial charge is 0.261 e. The maximum Gasteiger partial charge on any atom is 0.261 e. The molecule has 1 fully saturated rings. The fraction of sp³-hybridized carbons (Fsp3) is 0.529. The molecular formula is C17H24N2O3. The molecule has 1 aliphatic heterocycles. The van der Waals surface area contributed by atoms with Gasteiger partial charge in [-0.05, 0) is 37.5 Å². The lowest BCUT2D eigenvalue weighted by atomic mass is 10.1. The van der Waals surface area contributed by atoms with Gasteiger partial charge >= 0.3 is 0 Å². The summed E-state index contributed by atoms with van der Waals surface area (Å²) in [5.74, 6) is 0.725. The highest BCUT2D eigenvalue weighted by Crippen LogP contribution is 2.16. The molecule has 0 aromatic heterocycles. The number of hydrogen-bond donors (Lipinski definition) is 1. The Morgan fingerprint density at radius 2 is 2.27 bits per heavy atom. The van der Waals surface area contributed by atoms with Crippen LogP contribution in [-0.4, -0.2) is 42.5 Å². The Morgan fingerprint density at radius 1 is 1.50 bits per heavy atom. The molecule has 2 amide bonds. The minimum Gasteiger partial charge on any atom is -0.481 e. The Kier molecular flexibility index (Phi) is 5.41. The van der Waals surface area contributed by atoms with E-state index in [2.05, 4.69) is 5.32 Å². The van der Waals surface area contributed by atoms with E-state index < -0.39 is 6.10 Å². The number of likely N-dealkylation sites (tertiary alicyclic amines) is 1. The summed E-state index contributed by atoms with van der Waals surface area (Å²) in [6, 6.07) is 7.68. The highest BCUT2D eigenvalue weighted by Gasteiger charge is 2.27. The van der Waals surface area contributed by atoms with Crippen LogP contribution in [0.25, 0.3) is 0 Å². The fourth-order valence-corrected chi connectivity index (χ4v) is 2.60. The third-order valence-corrected chi connectivity index (χ3v) is 3.90. The van der Waals surface area contributed by atoms with Crippen molar-refractivity contribution in [3.05, 3.63) is 29.8 Å². The van der Waals surface area contributed by atoms with Crippen LogP contribution >= 0.6 is 0 Å². The second kappa shape index (κ2) is 7.29. The van der Waals surface area contributed by atoms with Gasteiger partial charge in [0, 0.05) is 26.1 Å². The molecule has 120 valence electrons. The van der Waals surface area contributed by atoms with Gasteiger partial charge in [-0.2, -0.15) is 0 Å². The lowest BCUT2D eigenvalue weighted by Crippen LogP contribution is -2.51. The molecule has 0 radical (unpaired) electrons. The normalized spacial score (nSPS) is 19.7. The summed E-state index contributed by atoms with van der Waals surface area (Å²) in [5.41, 5.74) is 1.10. The minimum absolute atomic E-state index is 0.00496. The number of rotatable bonds is 5. The molecular weight excluding hydrogens is 280 g/mol. The number of piperidine rings is 1. The quantitative estimate of drug-likeness (QED) is 0.904. The molecule has 1 aliphatic rings. The summed E-state index contributed by atoms with van der Waals surface area (Å²) in [5, 5.41) is 3.00. The van der Waals surface area contributed by atoms with Crippen LogP contribution in [0.4, 0.5) is 0 Å². The van der Waals surface area contributed by atoms with Crippen molar-refractivity contribution in [2.45, 2.75) is 45.3 Å². The zero-order chi connectivity index (χ0) is 16.1. The molecule has 0 aliphatic carbocycles. The lowest BCUT2D eigenvalue weighted by molar-refractivity contribution is -0.135. The van der Waals surface area contributed by atoms with E-state index in [-0.39, 0.29) is 17.9 Å². The molecule has 22 heavy (non-hydrogen) atoms. The molecule has 2 atom stereocenters. The molecule has 0 unspecified atom stereocenters. The molecule has 5 heteroatoms. The van der Waals surface area contributed by atoms with Crippen LogP contribution in [0.2, 0.25) is 0 Å². The average molecular weight is 304 g/mol. The van der Waals surface area contributed by atoms with Crippen LogP contribution in [0.5, 0.6) is 5.75 Å². The number of nitrogens with one attached hydrogen (secondary N) is 1. The predicted molar refractivity (Wildman–Crippen MR) is 84.7 cm³/mol. The van der Waals surface area contributed by atoms with Gasteiger partial charge in [0.05, 0.1) is 0 Å². The van der Waals surface area contributed by atoms with Gasteiger partial charge < -0.3 is 15.0 Å². The van der Waals surface area contributed by atoms with E-state index in [9.17, 15) is 9.59 Å². The average Bonchev–Trinajstić information content (AvgIpc) is 2.48. The van der Waals surface area contributed by atoms with Crippen LogP contribution < -0.4 is 10.1 Å². The number of likely N-dealkylation sites (N-methyl/N-ethyl adjacent to an activating group) is 1. The van der Waals surface area contributed by atoms with Crippen molar-refractivity contribution in [1.82, 2.24) is 10.2 Å². The van der Waals surface area contributed by atoms with Crippen molar-refractivity contribution in [1.29, 1.82) is 0 Å². The van der Waals surface area contributed by atoms with Gasteiger partial charge in [-0.25, -0.2) is 0 Å². The van der Waals surface area contributed by atoms with Crippen molar-refractivity contribution in [3.8, 4) is 5.75 Å². The van der Waals surface area contributed by atoms with Crippen LogP contribution in [0, 0.1) is 6.92 Å². The SMILES string of the molecule is CC[C@@H](Oc1cccc(C)c1)C(=O)N[C@@H]1CCC(=O)N(C)C1. The molecule has 1 saturated heterocycles. The van der Waals surface area contributed by atoms with E-state index in [1.165, 1.54) is 0 Å². The monoisotopic (exact) mass is 304 g/mol. The van der Waals surface area contributed by atoms with Crippen molar-refractivity contribution in [2.24, 2.45) is 0 Å². The second-order valence-electron chi connectivity index (χ2n) is 5.85. The van der Waals surface area contributed by atoms with E-state index >= 15 is 0 Å². The summed E-state index contributed by atoms with van der Waals surface area (Å²) < 4.78 is 5.80. The molecule has 1 aromatic carbocycles. The van der Waals surface area contributed by atoms with Gasteiger partial charge in [-0.15, -0.1) is 0 Å². The van der Waals surface area contributed by atoms with Crippen molar-refractivity contribution in [3.63, 3.8) is 0 Å². The van der Waals surface area contributed by atoms with Gasteiger partial charge in [0.2, 0.25) is 5.91 Å². The number of ether oxygens (including phenoxy) is 1. The first-order valence-corrected chi connectivity index (χ1v) is 7.77. The molecule has 1 heterocycles. The van der Waals surface area contributed by atoms with Gasteiger partial charge in [-0.1, -0.05) is 19.1 Å². The van der Waals surface area contributed by atoms with Crippen LogP contribution in [-0.2, 0) is 9.59 Å². The maximum absolute atomic E-state index is 12.4. The van der Waals surface area contributed by atoms with E-state index in [1.807, 2.05) is 38.1 Å². The van der Waals surface area contributed by atoms with Crippen molar-refractivity contribution < 1.29 is 14.3 Å². The van der Waals surface area contributed by atoms with Gasteiger partial charge in [0.1, 0.15) is 5.75 Å². The first kappa shape index (κ1) is 16.3. The Morgan fingerprint density at radius 3 is 2.91 bits per heavy atom. The third-order valence-electron chi connectivity index (χ3n) is 3.90. The number of nitrogens with zero attached hydrogens (tertiary/aromatic N) is 1. The molecule has 1 aromatic rings. The van der Waals surface area contributed by atoms with E-state index in [1.54, 1.807) is 11.9 Å². The molecule has 1 N–H and O–H groups in total. The molecule has 5 nitrogen and oxygen atoms in total. The summed E-state index contributed by atoms with van der Waals surface area (Å²) in [6.07, 6.45) is 1.26. The first-order valence-electron chi connectivity index (χ1n) is 7.77. The number of hydrogen-bond acceptors (Lipinski definition) is 3. The largest absolute Gasteiger partial charge is 0.481 e. The number of benzene rings is 1. The summed E-state index contributed by atoms with van der Waals surface area (Å²) in [6.45, 7) is 4.48. The van der Waals surface area contributed by atoms with Crippen molar-refractivity contribution >= 4 is 11.8 Å². The van der Waals surface area contributed by atoms with Gasteiger partial charge in [0.15, 0.2) is 6.10 Å². The number of carbonyl (C=O) groups excluding carboxylic acids is 2. The standard InChI is InChI=1S/C17H24N2O3/c1-4-15(22-14-7-5-6-12(2)10-14)17(21)18-13-8-9-16(20)19(3)11-13/h5-7,10,13,15H,4,8-9,11H2,1-3H3,(H,18,21)/t13-,15-/m1/s1. The van der Waals surface area contributed by atoms with Crippen LogP contribution in [0.15, 0.2) is 24.3 Å². The number of amides is 2. The molecule has 2 rings (SSSR count). The topological polar surface area (TPSA) is 58.6 Å². The zero-order valence-electron chi connectivity index (χ0n) is 13.5. The van der Waals surface area contributed by atoms with Crippen LogP contribution in [0.1, 0.15) is 31.7 Å². The fourth-order valence-electron chi connectivity index (χ4n) is 2.60. The lowest BCUT2D eigenvalue weighted by Gasteiger charge is -2.31. The Balaban J connectivity index is 1.93. The summed E-state index contributed by atoms with van der Waals surface area (Å²) in [7, 11) is 1.77. The molecule has 0 saturated carbocycles. The predicted octanol–water partition coefficient (Wildman–Crippen LogP) is 1.89. The van der Waals surface area contributed by atoms with E-state index in [4.69, 9.17) is 4.74 Å². The number of aryl methyl sites for hydroxylation is 1. The Labute approximate surface area is 131 Å². The number of carbonyl (C=O) groups is 2. The van der Waals surface area contributed by atoms with Gasteiger partial charge in [-0.3, -0.25) is 9.59 Å². The highest BCUT2D eigenvalue weighted by atomic mass is 16.5. The second-order valence-corrected chi connectivity index (χ2v) is 5.85. The molecule has 0 spiro atoms. The maximum atomic E-state index is 12.4. The third kappa shape index (κ3) is 4.23. The van der Waals surface area contributed by atoms with Crippen LogP contribution in [0.3, 0.4) is 0 Å².